The van der Waals surface area contributed by atoms with E-state index < -0.39 is 0 Å². The summed E-state index contributed by atoms with van der Waals surface area (Å²) in [5, 5.41) is 9.81. The molecule has 1 aliphatic carbocycles. The Hall–Kier alpha value is -3.36. The van der Waals surface area contributed by atoms with Crippen molar-refractivity contribution in [3.8, 4) is 17.0 Å². The minimum atomic E-state index is -0.135. The van der Waals surface area contributed by atoms with Crippen molar-refractivity contribution < 1.29 is 14.3 Å². The van der Waals surface area contributed by atoms with E-state index in [1.165, 1.54) is 0 Å². The van der Waals surface area contributed by atoms with Crippen molar-refractivity contribution in [1.82, 2.24) is 20.0 Å². The Bertz CT molecular complexity index is 1290. The minimum absolute atomic E-state index is 0.0402. The maximum atomic E-state index is 13.2. The zero-order valence-electron chi connectivity index (χ0n) is 20.4. The van der Waals surface area contributed by atoms with Gasteiger partial charge in [-0.2, -0.15) is 0 Å². The molecule has 2 aromatic carbocycles. The standard InChI is InChI=1S/C27H27Cl2N5O3/c1-37-21-4-2-3-18(15-21)27(36)34(20-6-7-20)17-26(35)33-13-11-32(12-14-33)25-10-9-24(30-31-25)22-8-5-19(28)16-23(22)29/h2-5,8-10,15-16,20H,6-7,11-14,17H2,1H3. The maximum absolute atomic E-state index is 13.2. The molecular weight excluding hydrogens is 513 g/mol. The molecule has 1 saturated carbocycles. The number of carbonyl (C=O) groups excluding carboxylic acids is 2. The average molecular weight is 540 g/mol. The van der Waals surface area contributed by atoms with Crippen molar-refractivity contribution in [3.05, 3.63) is 70.2 Å². The lowest BCUT2D eigenvalue weighted by Crippen LogP contribution is -2.52. The normalized spacial score (nSPS) is 15.4. The van der Waals surface area contributed by atoms with Crippen LogP contribution in [0, 0.1) is 0 Å². The first-order valence-corrected chi connectivity index (χ1v) is 13.0. The molecule has 0 radical (unpaired) electrons. The monoisotopic (exact) mass is 539 g/mol. The van der Waals surface area contributed by atoms with E-state index in [0.29, 0.717) is 53.2 Å². The quantitative estimate of drug-likeness (QED) is 0.442. The number of carbonyl (C=O) groups is 2. The van der Waals surface area contributed by atoms with Gasteiger partial charge in [0, 0.05) is 48.4 Å². The number of methoxy groups -OCH3 is 1. The molecule has 2 amide bonds. The summed E-state index contributed by atoms with van der Waals surface area (Å²) in [5.74, 6) is 1.19. The topological polar surface area (TPSA) is 78.9 Å². The molecule has 2 fully saturated rings. The Labute approximate surface area is 225 Å². The molecule has 8 nitrogen and oxygen atoms in total. The van der Waals surface area contributed by atoms with E-state index in [1.54, 1.807) is 48.4 Å². The summed E-state index contributed by atoms with van der Waals surface area (Å²) in [5.41, 5.74) is 1.97. The zero-order valence-corrected chi connectivity index (χ0v) is 22.0. The van der Waals surface area contributed by atoms with Crippen LogP contribution in [-0.4, -0.2) is 77.7 Å². The summed E-state index contributed by atoms with van der Waals surface area (Å²) in [4.78, 5) is 31.9. The van der Waals surface area contributed by atoms with Gasteiger partial charge in [-0.15, -0.1) is 10.2 Å². The average Bonchev–Trinajstić information content (AvgIpc) is 3.77. The molecule has 0 unspecified atom stereocenters. The number of amides is 2. The van der Waals surface area contributed by atoms with Gasteiger partial charge >= 0.3 is 0 Å². The molecule has 0 atom stereocenters. The highest BCUT2D eigenvalue weighted by Gasteiger charge is 2.36. The first-order valence-electron chi connectivity index (χ1n) is 12.2. The second-order valence-electron chi connectivity index (χ2n) is 9.16. The van der Waals surface area contributed by atoms with Crippen molar-refractivity contribution in [2.24, 2.45) is 0 Å². The lowest BCUT2D eigenvalue weighted by molar-refractivity contribution is -0.132. The highest BCUT2D eigenvalue weighted by atomic mass is 35.5. The van der Waals surface area contributed by atoms with Gasteiger partial charge in [0.2, 0.25) is 5.91 Å². The molecular formula is C27H27Cl2N5O3. The lowest BCUT2D eigenvalue weighted by atomic mass is 10.1. The van der Waals surface area contributed by atoms with Crippen LogP contribution < -0.4 is 9.64 Å². The number of benzene rings is 2. The van der Waals surface area contributed by atoms with E-state index in [0.717, 1.165) is 24.2 Å². The Kier molecular flexibility index (Phi) is 7.48. The summed E-state index contributed by atoms with van der Waals surface area (Å²) >= 11 is 12.3. The van der Waals surface area contributed by atoms with E-state index in [9.17, 15) is 9.59 Å². The zero-order chi connectivity index (χ0) is 25.9. The van der Waals surface area contributed by atoms with Crippen LogP contribution in [0.5, 0.6) is 5.75 Å². The van der Waals surface area contributed by atoms with Crippen LogP contribution in [0.2, 0.25) is 10.0 Å². The minimum Gasteiger partial charge on any atom is -0.497 e. The highest BCUT2D eigenvalue weighted by Crippen LogP contribution is 2.30. The molecule has 0 spiro atoms. The Morgan fingerprint density at radius 2 is 1.78 bits per heavy atom. The predicted molar refractivity (Wildman–Crippen MR) is 143 cm³/mol. The van der Waals surface area contributed by atoms with Crippen LogP contribution in [0.25, 0.3) is 11.3 Å². The summed E-state index contributed by atoms with van der Waals surface area (Å²) < 4.78 is 5.25. The van der Waals surface area contributed by atoms with Gasteiger partial charge in [-0.1, -0.05) is 29.3 Å². The molecule has 2 heterocycles. The van der Waals surface area contributed by atoms with Gasteiger partial charge in [-0.25, -0.2) is 0 Å². The van der Waals surface area contributed by atoms with Crippen LogP contribution in [0.3, 0.4) is 0 Å². The third-order valence-corrected chi connectivity index (χ3v) is 7.23. The van der Waals surface area contributed by atoms with Crippen LogP contribution in [0.1, 0.15) is 23.2 Å². The molecule has 37 heavy (non-hydrogen) atoms. The second kappa shape index (κ2) is 10.9. The highest BCUT2D eigenvalue weighted by molar-refractivity contribution is 6.36. The number of hydrogen-bond donors (Lipinski definition) is 0. The molecule has 10 heteroatoms. The van der Waals surface area contributed by atoms with Gasteiger partial charge in [0.15, 0.2) is 5.82 Å². The van der Waals surface area contributed by atoms with Gasteiger partial charge in [0.25, 0.3) is 5.91 Å². The van der Waals surface area contributed by atoms with Crippen LogP contribution in [0.4, 0.5) is 5.82 Å². The fraction of sp³-hybridized carbons (Fsp3) is 0.333. The predicted octanol–water partition coefficient (Wildman–Crippen LogP) is 4.41. The molecule has 5 rings (SSSR count). The second-order valence-corrected chi connectivity index (χ2v) is 10.0. The number of hydrogen-bond acceptors (Lipinski definition) is 6. The fourth-order valence-corrected chi connectivity index (χ4v) is 4.95. The molecule has 3 aromatic rings. The summed E-state index contributed by atoms with van der Waals surface area (Å²) in [7, 11) is 1.57. The molecule has 2 aliphatic rings. The molecule has 0 N–H and O–H groups in total. The Balaban J connectivity index is 1.19. The first-order chi connectivity index (χ1) is 17.9. The van der Waals surface area contributed by atoms with Crippen molar-refractivity contribution in [1.29, 1.82) is 0 Å². The van der Waals surface area contributed by atoms with Crippen molar-refractivity contribution in [2.75, 3.05) is 44.7 Å². The van der Waals surface area contributed by atoms with Crippen LogP contribution >= 0.6 is 23.2 Å². The van der Waals surface area contributed by atoms with Gasteiger partial charge < -0.3 is 19.4 Å². The van der Waals surface area contributed by atoms with E-state index in [-0.39, 0.29) is 24.4 Å². The summed E-state index contributed by atoms with van der Waals surface area (Å²) in [6, 6.07) is 16.2. The van der Waals surface area contributed by atoms with Gasteiger partial charge in [0.1, 0.15) is 12.3 Å². The smallest absolute Gasteiger partial charge is 0.254 e. The van der Waals surface area contributed by atoms with Crippen molar-refractivity contribution >= 4 is 40.8 Å². The SMILES string of the molecule is COc1cccc(C(=O)N(CC(=O)N2CCN(c3ccc(-c4ccc(Cl)cc4Cl)nn3)CC2)C2CC2)c1. The number of ether oxygens (including phenoxy) is 1. The fourth-order valence-electron chi connectivity index (χ4n) is 4.44. The van der Waals surface area contributed by atoms with Gasteiger partial charge in [-0.3, -0.25) is 9.59 Å². The van der Waals surface area contributed by atoms with E-state index in [4.69, 9.17) is 27.9 Å². The van der Waals surface area contributed by atoms with E-state index >= 15 is 0 Å². The summed E-state index contributed by atoms with van der Waals surface area (Å²) in [6.07, 6.45) is 1.85. The van der Waals surface area contributed by atoms with E-state index in [2.05, 4.69) is 15.1 Å². The third kappa shape index (κ3) is 5.81. The molecule has 1 aliphatic heterocycles. The molecule has 192 valence electrons. The molecule has 1 saturated heterocycles. The Morgan fingerprint density at radius 1 is 1.00 bits per heavy atom. The lowest BCUT2D eigenvalue weighted by Gasteiger charge is -2.36. The largest absolute Gasteiger partial charge is 0.497 e. The number of rotatable bonds is 7. The van der Waals surface area contributed by atoms with Crippen molar-refractivity contribution in [2.45, 2.75) is 18.9 Å². The Morgan fingerprint density at radius 3 is 2.43 bits per heavy atom. The van der Waals surface area contributed by atoms with Crippen LogP contribution in [0.15, 0.2) is 54.6 Å². The van der Waals surface area contributed by atoms with E-state index in [1.807, 2.05) is 23.1 Å². The number of anilines is 1. The summed E-state index contributed by atoms with van der Waals surface area (Å²) in [6.45, 7) is 2.45. The number of nitrogens with zero attached hydrogens (tertiary/aromatic N) is 5. The number of piperazine rings is 1. The first kappa shape index (κ1) is 25.3. The van der Waals surface area contributed by atoms with Gasteiger partial charge in [-0.05, 0) is 61.4 Å². The maximum Gasteiger partial charge on any atom is 0.254 e. The molecule has 0 bridgehead atoms. The molecule has 1 aromatic heterocycles. The van der Waals surface area contributed by atoms with Crippen LogP contribution in [-0.2, 0) is 4.79 Å². The number of halogens is 2. The third-order valence-electron chi connectivity index (χ3n) is 6.68. The van der Waals surface area contributed by atoms with Gasteiger partial charge in [0.05, 0.1) is 17.8 Å². The van der Waals surface area contributed by atoms with Crippen molar-refractivity contribution in [3.63, 3.8) is 0 Å². The number of aromatic nitrogens is 2.